The fourth-order valence-electron chi connectivity index (χ4n) is 15.0. The molecule has 0 unspecified atom stereocenters. The molecule has 8 aromatic carbocycles. The molecule has 5 aliphatic rings. The smallest absolute Gasteiger partial charge is 0.335 e. The van der Waals surface area contributed by atoms with Gasteiger partial charge in [-0.3, -0.25) is 9.59 Å². The molecule has 28 nitrogen and oxygen atoms in total. The van der Waals surface area contributed by atoms with Crippen LogP contribution in [0.25, 0.3) is 64.2 Å². The minimum Gasteiger partial charge on any atom is -0.479 e. The molecule has 11 heterocycles. The highest BCUT2D eigenvalue weighted by molar-refractivity contribution is 7.17. The van der Waals surface area contributed by atoms with Crippen molar-refractivity contribution in [2.45, 2.75) is 110 Å². The van der Waals surface area contributed by atoms with E-state index in [1.807, 2.05) is 113 Å². The van der Waals surface area contributed by atoms with Gasteiger partial charge in [-0.25, -0.2) is 63.3 Å². The van der Waals surface area contributed by atoms with E-state index in [4.69, 9.17) is 38.9 Å². The van der Waals surface area contributed by atoms with Crippen LogP contribution < -0.4 is 10.6 Å². The van der Waals surface area contributed by atoms with Crippen LogP contribution in [0.2, 0.25) is 0 Å². The molecule has 14 aromatic rings. The normalized spacial score (nSPS) is 24.8. The molecule has 0 radical (unpaired) electrons. The van der Waals surface area contributed by atoms with E-state index in [2.05, 4.69) is 35.9 Å². The number of carboxylic acids is 1. The van der Waals surface area contributed by atoms with Crippen LogP contribution >= 0.6 is 34.0 Å². The zero-order chi connectivity index (χ0) is 87.1. The van der Waals surface area contributed by atoms with Crippen LogP contribution in [0.1, 0.15) is 47.4 Å². The Morgan fingerprint density at radius 2 is 0.944 bits per heavy atom. The number of rotatable bonds is 15. The first-order chi connectivity index (χ1) is 59.7. The predicted molar refractivity (Wildman–Crippen MR) is 428 cm³/mol. The topological polar surface area (TPSA) is 371 Å². The van der Waals surface area contributed by atoms with E-state index in [-0.39, 0.29) is 59.2 Å². The Morgan fingerprint density at radius 1 is 0.492 bits per heavy atom. The second kappa shape index (κ2) is 36.6. The van der Waals surface area contributed by atoms with Crippen molar-refractivity contribution >= 4 is 93.4 Å². The fourth-order valence-corrected chi connectivity index (χ4v) is 17.4. The third kappa shape index (κ3) is 17.8. The molecule has 5 saturated heterocycles. The number of aromatic nitrogens is 10. The third-order valence-corrected chi connectivity index (χ3v) is 23.8. The molecule has 17 atom stereocenters. The predicted octanol–water partition coefficient (Wildman–Crippen LogP) is 11.5. The van der Waals surface area contributed by atoms with Gasteiger partial charge in [-0.15, -0.1) is 49.3 Å². The highest BCUT2D eigenvalue weighted by Crippen LogP contribution is 2.44. The summed E-state index contributed by atoms with van der Waals surface area (Å²) < 4.78 is 171. The number of carbonyl (C=O) groups is 3. The summed E-state index contributed by atoms with van der Waals surface area (Å²) in [7, 11) is 1.51. The van der Waals surface area contributed by atoms with Gasteiger partial charge in [-0.1, -0.05) is 94.5 Å². The Hall–Kier alpha value is -11.7. The summed E-state index contributed by atoms with van der Waals surface area (Å²) >= 11 is 4.68. The van der Waals surface area contributed by atoms with Crippen LogP contribution in [-0.2, 0) is 54.0 Å². The van der Waals surface area contributed by atoms with Crippen molar-refractivity contribution in [2.24, 2.45) is 0 Å². The van der Waals surface area contributed by atoms with Gasteiger partial charge in [0.05, 0.1) is 54.1 Å². The maximum Gasteiger partial charge on any atom is 0.335 e. The van der Waals surface area contributed by atoms with Crippen molar-refractivity contribution in [3.05, 3.63) is 268 Å². The van der Waals surface area contributed by atoms with Gasteiger partial charge in [-0.2, -0.15) is 0 Å². The van der Waals surface area contributed by atoms with Crippen LogP contribution in [0.3, 0.4) is 0 Å². The number of halogens is 9. The molecule has 124 heavy (non-hydrogen) atoms. The number of amides is 1. The van der Waals surface area contributed by atoms with Crippen LogP contribution in [-0.4, -0.2) is 198 Å². The van der Waals surface area contributed by atoms with Gasteiger partial charge >= 0.3 is 5.97 Å². The monoisotopic (exact) mass is 1770 g/mol. The van der Waals surface area contributed by atoms with E-state index in [0.717, 1.165) is 93.0 Å². The Morgan fingerprint density at radius 3 is 1.43 bits per heavy atom. The molecule has 0 bridgehead atoms. The first-order valence-electron chi connectivity index (χ1n) is 37.9. The van der Waals surface area contributed by atoms with Crippen molar-refractivity contribution in [1.29, 1.82) is 0 Å². The lowest BCUT2D eigenvalue weighted by Crippen LogP contribution is -2.61. The van der Waals surface area contributed by atoms with Gasteiger partial charge in [-0.05, 0) is 112 Å². The van der Waals surface area contributed by atoms with Crippen molar-refractivity contribution in [3.8, 4) is 33.8 Å². The van der Waals surface area contributed by atoms with Gasteiger partial charge in [0.25, 0.3) is 5.91 Å². The van der Waals surface area contributed by atoms with E-state index in [1.165, 1.54) is 46.6 Å². The standard InChI is InChI=1S/C31H24F3N3O5S.C24H21F3N4O5S.C22H18F3N3O6.C7H6N2S/c32-20-12-19(13-21(33)26(20)34)22-14-37(36-35-22)27-28(39)29(23(38)10-16-6-7-17-8-9-43-25(17)11-16)41-24-15-40-31(42-30(24)27)18-4-2-1-3-5-18;1-30(13-3-2-11-4-5-37-18(11)8-13)24(35)23-22(34)20(21(33)17(10-32)36-23)31-9-16(28-29-31)12-6-14(25)19(27)15(26)7-12;23-12-6-11(7-13(24)16(12)25)14-8-28(27-26-14)17-18(29)20(21(30)31)33-15-9-32-22(34-19(15)17)10-4-2-1-3-5-10;8-5-1-2-6-7(3-5)10-4-9-6/h1-9,11-14,24,27-31,39H,10,15H2;2-9,17,20-23,32-34H,10H2,1H3;1-8,15,17-20,22,29H,9H2,(H,30,31);1-4H,8H2/t24-,27-,28-,29+,30+,31+;17-,20+,21+,22-,23-;15-,17-,18-,19+,20-,22+;/m111./s1. The number of nitrogens with two attached hydrogens (primary N) is 1. The number of benzene rings is 8. The second-order valence-electron chi connectivity index (χ2n) is 29.2. The molecule has 1 amide bonds. The number of carboxylic acid groups (broad SMARTS) is 1. The second-order valence-corrected chi connectivity index (χ2v) is 31.9. The lowest BCUT2D eigenvalue weighted by atomic mass is 9.88. The zero-order valence-corrected chi connectivity index (χ0v) is 66.5. The number of hydrogen-bond acceptors (Lipinski definition) is 26. The van der Waals surface area contributed by atoms with Gasteiger partial charge in [0.2, 0.25) is 0 Å². The Balaban J connectivity index is 0.000000130. The number of fused-ring (bicyclic) bond motifs is 5. The molecule has 642 valence electrons. The summed E-state index contributed by atoms with van der Waals surface area (Å²) in [4.78, 5) is 44.1. The number of anilines is 2. The average Bonchev–Trinajstić information content (AvgIpc) is 1.20. The number of likely N-dealkylation sites (N-methyl/N-ethyl adjacent to an activating group) is 1. The molecule has 0 aliphatic carbocycles. The molecular weight excluding hydrogens is 1700 g/mol. The lowest BCUT2D eigenvalue weighted by Gasteiger charge is -2.47. The van der Waals surface area contributed by atoms with Gasteiger partial charge in [0.15, 0.2) is 82.9 Å². The number of aliphatic hydroxyl groups is 5. The molecular formula is C84H69F9N12O16S3. The van der Waals surface area contributed by atoms with E-state index >= 15 is 0 Å². The van der Waals surface area contributed by atoms with E-state index in [1.54, 1.807) is 53.0 Å². The quantitative estimate of drug-likeness (QED) is 0.0285. The highest BCUT2D eigenvalue weighted by atomic mass is 32.1. The van der Waals surface area contributed by atoms with Crippen LogP contribution in [0.5, 0.6) is 0 Å². The number of thiazole rings is 1. The van der Waals surface area contributed by atoms with E-state index in [0.29, 0.717) is 11.3 Å². The maximum absolute atomic E-state index is 14.0. The molecule has 0 spiro atoms. The minimum atomic E-state index is -1.64. The lowest BCUT2D eigenvalue weighted by molar-refractivity contribution is -0.314. The SMILES string of the molecule is CN(C(=O)[C@@H]1O[C@H](CO)[C@H](O)[C@H](n2cc(-c3cc(F)c(F)c(F)c3)nn2)[C@H]1O)c1ccc2ccsc2c1.Nc1ccc2ncsc2c1.O=C(Cc1ccc2ccsc2c1)[C@@H]1O[C@@H]2CO[C@H](c3ccccc3)O[C@@H]2[C@H](n2cc(-c3cc(F)c(F)c(F)c3)nn2)[C@H]1O.O=C(O)[C@@H]1O[C@@H]2CO[C@H](c3ccccc3)O[C@@H]2[C@H](n2cc(-c3cc(F)c(F)c(F)c3)nn2)[C@H]1O. The first kappa shape index (κ1) is 85.8. The third-order valence-electron chi connectivity index (χ3n) is 21.3. The number of nitrogens with zero attached hydrogens (tertiary/aromatic N) is 11. The zero-order valence-electron chi connectivity index (χ0n) is 64.1. The van der Waals surface area contributed by atoms with Crippen molar-refractivity contribution in [1.82, 2.24) is 50.0 Å². The molecule has 40 heteroatoms. The largest absolute Gasteiger partial charge is 0.479 e. The summed E-state index contributed by atoms with van der Waals surface area (Å²) in [5, 5.41) is 93.3. The van der Waals surface area contributed by atoms with E-state index in [9.17, 15) is 84.5 Å². The van der Waals surface area contributed by atoms with Crippen LogP contribution in [0.15, 0.2) is 199 Å². The van der Waals surface area contributed by atoms with Crippen LogP contribution in [0, 0.1) is 52.4 Å². The van der Waals surface area contributed by atoms with Crippen molar-refractivity contribution in [2.75, 3.05) is 37.5 Å². The Labute approximate surface area is 706 Å². The number of aliphatic carboxylic acids is 1. The van der Waals surface area contributed by atoms with Crippen molar-refractivity contribution in [3.63, 3.8) is 0 Å². The molecule has 8 N–H and O–H groups in total. The number of thiophene rings is 2. The molecule has 0 saturated carbocycles. The maximum atomic E-state index is 14.0. The highest BCUT2D eigenvalue weighted by Gasteiger charge is 2.55. The Kier molecular flexibility index (Phi) is 25.3. The molecule has 5 fully saturated rings. The minimum absolute atomic E-state index is 0.0186. The average molecular weight is 1770 g/mol. The summed E-state index contributed by atoms with van der Waals surface area (Å²) in [5.74, 6) is -15.6. The number of aliphatic hydroxyl groups excluding tert-OH is 5. The fraction of sp³-hybridized carbons (Fsp3) is 0.262. The number of ketones is 1. The number of ether oxygens (including phenoxy) is 7. The first-order valence-corrected chi connectivity index (χ1v) is 40.6. The summed E-state index contributed by atoms with van der Waals surface area (Å²) in [5.41, 5.74) is 11.6. The Bertz CT molecular complexity index is 6150. The summed E-state index contributed by atoms with van der Waals surface area (Å²) in [6, 6.07) is 40.2. The van der Waals surface area contributed by atoms with Crippen LogP contribution in [0.4, 0.5) is 50.9 Å². The molecule has 6 aromatic heterocycles. The van der Waals surface area contributed by atoms with Crippen molar-refractivity contribution < 1.29 is 118 Å². The van der Waals surface area contributed by atoms with Gasteiger partial charge in [0.1, 0.15) is 96.2 Å². The molecule has 5 aliphatic heterocycles. The summed E-state index contributed by atoms with van der Waals surface area (Å²) in [6.45, 7) is -0.629. The summed E-state index contributed by atoms with van der Waals surface area (Å²) in [6.07, 6.45) is -12.9. The number of hydrogen-bond donors (Lipinski definition) is 7. The number of Topliss-reactive ketones (excluding diaryl/α,β-unsaturated/α-hetero) is 1. The number of carbonyl (C=O) groups excluding carboxylic acids is 2. The van der Waals surface area contributed by atoms with Gasteiger partial charge in [0, 0.05) is 62.1 Å². The van der Waals surface area contributed by atoms with E-state index < -0.39 is 175 Å². The molecule has 19 rings (SSSR count). The number of nitrogen functional groups attached to an aromatic ring is 1. The van der Waals surface area contributed by atoms with Gasteiger partial charge < -0.3 is 74.4 Å².